The van der Waals surface area contributed by atoms with Gasteiger partial charge in [-0.1, -0.05) is 6.07 Å². The Bertz CT molecular complexity index is 592. The number of furan rings is 1. The van der Waals surface area contributed by atoms with Gasteiger partial charge in [0.1, 0.15) is 11.3 Å². The number of methoxy groups -OCH3 is 1. The molecule has 0 saturated heterocycles. The first-order valence-corrected chi connectivity index (χ1v) is 6.74. The van der Waals surface area contributed by atoms with Crippen LogP contribution >= 0.6 is 11.8 Å². The van der Waals surface area contributed by atoms with E-state index < -0.39 is 0 Å². The summed E-state index contributed by atoms with van der Waals surface area (Å²) in [5.74, 6) is 0.741. The van der Waals surface area contributed by atoms with Crippen molar-refractivity contribution in [3.63, 3.8) is 0 Å². The zero-order valence-electron chi connectivity index (χ0n) is 10.8. The molecule has 1 heterocycles. The van der Waals surface area contributed by atoms with E-state index >= 15 is 0 Å². The van der Waals surface area contributed by atoms with Crippen LogP contribution in [0, 0.1) is 6.92 Å². The summed E-state index contributed by atoms with van der Waals surface area (Å²) in [6.07, 6.45) is 1.49. The van der Waals surface area contributed by atoms with E-state index in [2.05, 4.69) is 0 Å². The van der Waals surface area contributed by atoms with Crippen molar-refractivity contribution in [3.8, 4) is 0 Å². The minimum Gasteiger partial charge on any atom is -0.468 e. The molecule has 0 fully saturated rings. The van der Waals surface area contributed by atoms with E-state index in [1.54, 1.807) is 6.07 Å². The molecule has 100 valence electrons. The SMILES string of the molecule is COC(=O)c1ccoc1CSc1cc(C)ccc1N. The highest BCUT2D eigenvalue weighted by Gasteiger charge is 2.15. The van der Waals surface area contributed by atoms with Crippen LogP contribution in [0.4, 0.5) is 5.69 Å². The van der Waals surface area contributed by atoms with E-state index in [-0.39, 0.29) is 5.97 Å². The molecule has 0 unspecified atom stereocenters. The number of hydrogen-bond acceptors (Lipinski definition) is 5. The molecule has 19 heavy (non-hydrogen) atoms. The molecule has 0 bridgehead atoms. The van der Waals surface area contributed by atoms with Gasteiger partial charge in [-0.25, -0.2) is 4.79 Å². The fourth-order valence-corrected chi connectivity index (χ4v) is 2.67. The van der Waals surface area contributed by atoms with Crippen LogP contribution in [-0.2, 0) is 10.5 Å². The van der Waals surface area contributed by atoms with E-state index in [9.17, 15) is 4.79 Å². The van der Waals surface area contributed by atoms with Crippen molar-refractivity contribution in [1.29, 1.82) is 0 Å². The lowest BCUT2D eigenvalue weighted by Gasteiger charge is -2.06. The number of rotatable bonds is 4. The first kappa shape index (κ1) is 13.5. The molecule has 5 heteroatoms. The first-order chi connectivity index (χ1) is 9.11. The lowest BCUT2D eigenvalue weighted by atomic mass is 10.2. The summed E-state index contributed by atoms with van der Waals surface area (Å²) >= 11 is 1.53. The molecule has 0 radical (unpaired) electrons. The standard InChI is InChI=1S/C14H15NO3S/c1-9-3-4-11(15)13(7-9)19-8-12-10(5-6-18-12)14(16)17-2/h3-7H,8,15H2,1-2H3. The van der Waals surface area contributed by atoms with Crippen molar-refractivity contribution in [2.45, 2.75) is 17.6 Å². The van der Waals surface area contributed by atoms with Crippen molar-refractivity contribution in [2.24, 2.45) is 0 Å². The van der Waals surface area contributed by atoms with Gasteiger partial charge in [-0.2, -0.15) is 0 Å². The second kappa shape index (κ2) is 5.84. The number of esters is 1. The molecule has 0 amide bonds. The van der Waals surface area contributed by atoms with Gasteiger partial charge in [0.25, 0.3) is 0 Å². The molecule has 0 atom stereocenters. The van der Waals surface area contributed by atoms with E-state index in [1.807, 2.05) is 25.1 Å². The number of aryl methyl sites for hydroxylation is 1. The summed E-state index contributed by atoms with van der Waals surface area (Å²) in [6.45, 7) is 2.01. The Morgan fingerprint density at radius 1 is 1.42 bits per heavy atom. The molecule has 0 spiro atoms. The quantitative estimate of drug-likeness (QED) is 0.528. The summed E-state index contributed by atoms with van der Waals surface area (Å²) in [6, 6.07) is 7.47. The van der Waals surface area contributed by atoms with Gasteiger partial charge in [0.15, 0.2) is 0 Å². The molecule has 1 aromatic carbocycles. The number of nitrogens with two attached hydrogens (primary N) is 1. The third-order valence-corrected chi connectivity index (χ3v) is 3.75. The maximum absolute atomic E-state index is 11.5. The molecular weight excluding hydrogens is 262 g/mol. The average Bonchev–Trinajstić information content (AvgIpc) is 2.87. The maximum atomic E-state index is 11.5. The first-order valence-electron chi connectivity index (χ1n) is 5.75. The van der Waals surface area contributed by atoms with Crippen LogP contribution in [-0.4, -0.2) is 13.1 Å². The minimum atomic E-state index is -0.387. The van der Waals surface area contributed by atoms with E-state index in [0.29, 0.717) is 17.1 Å². The Kier molecular flexibility index (Phi) is 4.16. The third-order valence-electron chi connectivity index (χ3n) is 2.68. The summed E-state index contributed by atoms with van der Waals surface area (Å²) in [5.41, 5.74) is 8.24. The molecule has 2 rings (SSSR count). The van der Waals surface area contributed by atoms with Crippen LogP contribution in [0.25, 0.3) is 0 Å². The molecule has 4 nitrogen and oxygen atoms in total. The largest absolute Gasteiger partial charge is 0.468 e. The monoisotopic (exact) mass is 277 g/mol. The van der Waals surface area contributed by atoms with Crippen molar-refractivity contribution in [3.05, 3.63) is 47.4 Å². The molecule has 0 aliphatic heterocycles. The third kappa shape index (κ3) is 3.12. The number of anilines is 1. The van der Waals surface area contributed by atoms with Crippen LogP contribution in [0.15, 0.2) is 39.8 Å². The minimum absolute atomic E-state index is 0.387. The van der Waals surface area contributed by atoms with Crippen LogP contribution < -0.4 is 5.73 Å². The maximum Gasteiger partial charge on any atom is 0.341 e. The predicted molar refractivity (Wildman–Crippen MR) is 75.2 cm³/mol. The lowest BCUT2D eigenvalue weighted by molar-refractivity contribution is 0.0598. The topological polar surface area (TPSA) is 65.5 Å². The normalized spacial score (nSPS) is 10.4. The number of carbonyl (C=O) groups excluding carboxylic acids is 1. The summed E-state index contributed by atoms with van der Waals surface area (Å²) in [4.78, 5) is 12.5. The van der Waals surface area contributed by atoms with E-state index in [0.717, 1.165) is 16.1 Å². The van der Waals surface area contributed by atoms with Crippen molar-refractivity contribution in [1.82, 2.24) is 0 Å². The highest BCUT2D eigenvalue weighted by atomic mass is 32.2. The average molecular weight is 277 g/mol. The highest BCUT2D eigenvalue weighted by molar-refractivity contribution is 7.98. The van der Waals surface area contributed by atoms with Gasteiger partial charge in [-0.3, -0.25) is 0 Å². The van der Waals surface area contributed by atoms with Gasteiger partial charge in [0.05, 0.1) is 19.1 Å². The second-order valence-electron chi connectivity index (χ2n) is 4.08. The molecule has 0 aliphatic carbocycles. The van der Waals surface area contributed by atoms with Crippen molar-refractivity contribution < 1.29 is 13.9 Å². The summed E-state index contributed by atoms with van der Waals surface area (Å²) < 4.78 is 10.0. The summed E-state index contributed by atoms with van der Waals surface area (Å²) in [5, 5.41) is 0. The molecule has 1 aromatic heterocycles. The van der Waals surface area contributed by atoms with Crippen LogP contribution in [0.3, 0.4) is 0 Å². The van der Waals surface area contributed by atoms with Gasteiger partial charge in [-0.05, 0) is 30.7 Å². The number of carbonyl (C=O) groups is 1. The Labute approximate surface area is 115 Å². The Morgan fingerprint density at radius 3 is 2.95 bits per heavy atom. The Balaban J connectivity index is 2.13. The molecule has 0 saturated carbocycles. The smallest absolute Gasteiger partial charge is 0.341 e. The van der Waals surface area contributed by atoms with Gasteiger partial charge in [-0.15, -0.1) is 11.8 Å². The fourth-order valence-electron chi connectivity index (χ4n) is 1.65. The lowest BCUT2D eigenvalue weighted by Crippen LogP contribution is -2.02. The second-order valence-corrected chi connectivity index (χ2v) is 5.10. The number of nitrogen functional groups attached to an aromatic ring is 1. The molecular formula is C14H15NO3S. The van der Waals surface area contributed by atoms with E-state index in [1.165, 1.54) is 25.1 Å². The fraction of sp³-hybridized carbons (Fsp3) is 0.214. The Hall–Kier alpha value is -1.88. The van der Waals surface area contributed by atoms with Gasteiger partial charge in [0.2, 0.25) is 0 Å². The molecule has 2 N–H and O–H groups in total. The predicted octanol–water partition coefficient (Wildman–Crippen LogP) is 3.25. The summed E-state index contributed by atoms with van der Waals surface area (Å²) in [7, 11) is 1.35. The molecule has 0 aliphatic rings. The number of benzene rings is 1. The van der Waals surface area contributed by atoms with Crippen LogP contribution in [0.1, 0.15) is 21.7 Å². The zero-order chi connectivity index (χ0) is 13.8. The van der Waals surface area contributed by atoms with Crippen LogP contribution in [0.5, 0.6) is 0 Å². The van der Waals surface area contributed by atoms with E-state index in [4.69, 9.17) is 14.9 Å². The zero-order valence-corrected chi connectivity index (χ0v) is 11.6. The number of ether oxygens (including phenoxy) is 1. The van der Waals surface area contributed by atoms with Gasteiger partial charge < -0.3 is 14.9 Å². The highest BCUT2D eigenvalue weighted by Crippen LogP contribution is 2.30. The molecule has 2 aromatic rings. The number of hydrogen-bond donors (Lipinski definition) is 1. The number of thioether (sulfide) groups is 1. The van der Waals surface area contributed by atoms with Crippen LogP contribution in [0.2, 0.25) is 0 Å². The van der Waals surface area contributed by atoms with Crippen molar-refractivity contribution in [2.75, 3.05) is 12.8 Å². The van der Waals surface area contributed by atoms with Gasteiger partial charge in [0, 0.05) is 10.6 Å². The van der Waals surface area contributed by atoms with Gasteiger partial charge >= 0.3 is 5.97 Å². The Morgan fingerprint density at radius 2 is 2.21 bits per heavy atom. The van der Waals surface area contributed by atoms with Crippen molar-refractivity contribution >= 4 is 23.4 Å².